The summed E-state index contributed by atoms with van der Waals surface area (Å²) in [5, 5.41) is 3.44. The van der Waals surface area contributed by atoms with Gasteiger partial charge in [-0.05, 0) is 36.2 Å². The molecule has 1 heterocycles. The number of ether oxygens (including phenoxy) is 1. The molecule has 3 rings (SSSR count). The van der Waals surface area contributed by atoms with Crippen molar-refractivity contribution in [2.75, 3.05) is 7.11 Å². The molecule has 156 valence electrons. The van der Waals surface area contributed by atoms with Crippen molar-refractivity contribution in [2.45, 2.75) is 31.7 Å². The number of hydrogen-bond donors (Lipinski definition) is 2. The normalized spacial score (nSPS) is 11.8. The third-order valence-electron chi connectivity index (χ3n) is 4.66. The molecule has 30 heavy (non-hydrogen) atoms. The van der Waals surface area contributed by atoms with Crippen LogP contribution in [0, 0.1) is 0 Å². The number of H-pyrrole nitrogens is 1. The number of nitrogens with zero attached hydrogens (tertiary/aromatic N) is 1. The maximum absolute atomic E-state index is 12.5. The summed E-state index contributed by atoms with van der Waals surface area (Å²) in [6.45, 7) is 0. The van der Waals surface area contributed by atoms with Crippen LogP contribution < -0.4 is 10.9 Å². The van der Waals surface area contributed by atoms with Gasteiger partial charge in [-0.2, -0.15) is 0 Å². The van der Waals surface area contributed by atoms with Crippen LogP contribution in [-0.2, 0) is 20.7 Å². The van der Waals surface area contributed by atoms with E-state index >= 15 is 0 Å². The number of rotatable bonds is 8. The fraction of sp³-hybridized carbons (Fsp3) is 0.273. The molecule has 7 nitrogen and oxygen atoms in total. The van der Waals surface area contributed by atoms with Gasteiger partial charge in [-0.3, -0.25) is 14.4 Å². The first-order valence-corrected chi connectivity index (χ1v) is 10.3. The Hall–Kier alpha value is -3.00. The Bertz CT molecular complexity index is 1110. The van der Waals surface area contributed by atoms with Gasteiger partial charge in [0.15, 0.2) is 0 Å². The van der Waals surface area contributed by atoms with Crippen LogP contribution in [0.15, 0.2) is 57.8 Å². The third kappa shape index (κ3) is 5.76. The molecule has 0 aliphatic heterocycles. The van der Waals surface area contributed by atoms with E-state index in [1.165, 1.54) is 7.11 Å². The third-order valence-corrected chi connectivity index (χ3v) is 5.16. The summed E-state index contributed by atoms with van der Waals surface area (Å²) in [5.74, 6) is -0.0465. The Kier molecular flexibility index (Phi) is 7.35. The zero-order valence-electron chi connectivity index (χ0n) is 16.5. The number of amides is 1. The number of fused-ring (bicyclic) bond motifs is 1. The quantitative estimate of drug-likeness (QED) is 0.490. The van der Waals surface area contributed by atoms with E-state index in [4.69, 9.17) is 4.74 Å². The number of aromatic nitrogens is 2. The molecule has 1 aromatic heterocycles. The van der Waals surface area contributed by atoms with Crippen LogP contribution in [0.3, 0.4) is 0 Å². The number of esters is 1. The number of benzene rings is 2. The highest BCUT2D eigenvalue weighted by Crippen LogP contribution is 2.21. The van der Waals surface area contributed by atoms with Crippen LogP contribution in [0.2, 0.25) is 0 Å². The van der Waals surface area contributed by atoms with Crippen molar-refractivity contribution in [1.29, 1.82) is 0 Å². The molecule has 1 unspecified atom stereocenters. The standard InChI is InChI=1S/C22H22BrN3O4/c1-30-21(28)13-18(14-6-4-7-15(23)12-14)25-20(27)11-5-10-19-24-17-9-3-2-8-16(17)22(29)26-19/h2-4,6-9,12,18H,5,10-11,13H2,1H3,(H,25,27)(H,24,26,29). The minimum atomic E-state index is -0.485. The summed E-state index contributed by atoms with van der Waals surface area (Å²) >= 11 is 3.41. The summed E-state index contributed by atoms with van der Waals surface area (Å²) in [6.07, 6.45) is 1.25. The second-order valence-corrected chi connectivity index (χ2v) is 7.75. The van der Waals surface area contributed by atoms with Crippen LogP contribution in [0.25, 0.3) is 10.9 Å². The number of carbonyl (C=O) groups excluding carboxylic acids is 2. The lowest BCUT2D eigenvalue weighted by Gasteiger charge is -2.18. The van der Waals surface area contributed by atoms with Gasteiger partial charge in [0.25, 0.3) is 5.56 Å². The van der Waals surface area contributed by atoms with E-state index in [9.17, 15) is 14.4 Å². The van der Waals surface area contributed by atoms with E-state index < -0.39 is 12.0 Å². The van der Waals surface area contributed by atoms with Gasteiger partial charge in [0.05, 0.1) is 30.5 Å². The molecular formula is C22H22BrN3O4. The number of nitrogens with one attached hydrogen (secondary N) is 2. The lowest BCUT2D eigenvalue weighted by atomic mass is 10.0. The zero-order chi connectivity index (χ0) is 21.5. The summed E-state index contributed by atoms with van der Waals surface area (Å²) in [7, 11) is 1.32. The first-order chi connectivity index (χ1) is 14.5. The number of halogens is 1. The topological polar surface area (TPSA) is 101 Å². The van der Waals surface area contributed by atoms with Gasteiger partial charge in [0.2, 0.25) is 5.91 Å². The van der Waals surface area contributed by atoms with Crippen molar-refractivity contribution in [1.82, 2.24) is 15.3 Å². The van der Waals surface area contributed by atoms with Gasteiger partial charge in [-0.15, -0.1) is 0 Å². The summed E-state index contributed by atoms with van der Waals surface area (Å²) in [5.41, 5.74) is 1.25. The second-order valence-electron chi connectivity index (χ2n) is 6.84. The Morgan fingerprint density at radius 3 is 2.77 bits per heavy atom. The molecule has 0 aliphatic carbocycles. The van der Waals surface area contributed by atoms with E-state index in [2.05, 4.69) is 31.2 Å². The Morgan fingerprint density at radius 2 is 2.00 bits per heavy atom. The second kappa shape index (κ2) is 10.2. The van der Waals surface area contributed by atoms with Crippen LogP contribution >= 0.6 is 15.9 Å². The summed E-state index contributed by atoms with van der Waals surface area (Å²) in [6, 6.07) is 14.1. The zero-order valence-corrected chi connectivity index (χ0v) is 18.1. The molecule has 1 amide bonds. The highest BCUT2D eigenvalue weighted by Gasteiger charge is 2.19. The Labute approximate surface area is 182 Å². The molecule has 0 fully saturated rings. The van der Waals surface area contributed by atoms with Gasteiger partial charge < -0.3 is 15.0 Å². The van der Waals surface area contributed by atoms with Crippen LogP contribution in [0.4, 0.5) is 0 Å². The van der Waals surface area contributed by atoms with Gasteiger partial charge in [-0.1, -0.05) is 40.2 Å². The first kappa shape index (κ1) is 21.7. The average Bonchev–Trinajstić information content (AvgIpc) is 2.73. The van der Waals surface area contributed by atoms with E-state index in [0.29, 0.717) is 29.6 Å². The molecule has 0 saturated carbocycles. The summed E-state index contributed by atoms with van der Waals surface area (Å²) < 4.78 is 5.61. The molecule has 0 spiro atoms. The molecular weight excluding hydrogens is 450 g/mol. The monoisotopic (exact) mass is 471 g/mol. The maximum atomic E-state index is 12.5. The smallest absolute Gasteiger partial charge is 0.307 e. The fourth-order valence-corrected chi connectivity index (χ4v) is 3.58. The SMILES string of the molecule is COC(=O)CC(NC(=O)CCCc1nc2ccccc2c(=O)[nH]1)c1cccc(Br)c1. The lowest BCUT2D eigenvalue weighted by Crippen LogP contribution is -2.30. The van der Waals surface area contributed by atoms with Crippen molar-refractivity contribution >= 4 is 38.7 Å². The minimum absolute atomic E-state index is 0.0399. The highest BCUT2D eigenvalue weighted by atomic mass is 79.9. The van der Waals surface area contributed by atoms with E-state index in [0.717, 1.165) is 10.0 Å². The van der Waals surface area contributed by atoms with Crippen LogP contribution in [0.1, 0.15) is 36.7 Å². The van der Waals surface area contributed by atoms with Crippen LogP contribution in [-0.4, -0.2) is 29.0 Å². The Morgan fingerprint density at radius 1 is 1.20 bits per heavy atom. The average molecular weight is 472 g/mol. The number of methoxy groups -OCH3 is 1. The molecule has 2 N–H and O–H groups in total. The molecule has 2 aromatic carbocycles. The number of aryl methyl sites for hydroxylation is 1. The predicted octanol–water partition coefficient (Wildman–Crippen LogP) is 3.43. The van der Waals surface area contributed by atoms with Gasteiger partial charge >= 0.3 is 5.97 Å². The molecule has 3 aromatic rings. The molecule has 0 saturated heterocycles. The molecule has 0 bridgehead atoms. The number of hydrogen-bond acceptors (Lipinski definition) is 5. The number of aromatic amines is 1. The van der Waals surface area contributed by atoms with Crippen molar-refractivity contribution in [3.8, 4) is 0 Å². The molecule has 0 radical (unpaired) electrons. The van der Waals surface area contributed by atoms with Gasteiger partial charge in [0.1, 0.15) is 5.82 Å². The molecule has 8 heteroatoms. The molecule has 0 aliphatic rings. The highest BCUT2D eigenvalue weighted by molar-refractivity contribution is 9.10. The fourth-order valence-electron chi connectivity index (χ4n) is 3.16. The number of para-hydroxylation sites is 1. The van der Waals surface area contributed by atoms with Crippen molar-refractivity contribution in [3.63, 3.8) is 0 Å². The minimum Gasteiger partial charge on any atom is -0.469 e. The van der Waals surface area contributed by atoms with E-state index in [-0.39, 0.29) is 24.3 Å². The van der Waals surface area contributed by atoms with Crippen molar-refractivity contribution in [2.24, 2.45) is 0 Å². The Balaban J connectivity index is 1.61. The number of carbonyl (C=O) groups is 2. The summed E-state index contributed by atoms with van der Waals surface area (Å²) in [4.78, 5) is 43.6. The first-order valence-electron chi connectivity index (χ1n) is 9.56. The largest absolute Gasteiger partial charge is 0.469 e. The van der Waals surface area contributed by atoms with Crippen LogP contribution in [0.5, 0.6) is 0 Å². The maximum Gasteiger partial charge on any atom is 0.307 e. The van der Waals surface area contributed by atoms with Crippen molar-refractivity contribution in [3.05, 3.63) is 74.7 Å². The lowest BCUT2D eigenvalue weighted by molar-refractivity contribution is -0.141. The van der Waals surface area contributed by atoms with Gasteiger partial charge in [-0.25, -0.2) is 4.98 Å². The van der Waals surface area contributed by atoms with Crippen molar-refractivity contribution < 1.29 is 14.3 Å². The molecule has 1 atom stereocenters. The van der Waals surface area contributed by atoms with E-state index in [1.807, 2.05) is 30.3 Å². The van der Waals surface area contributed by atoms with E-state index in [1.54, 1.807) is 18.2 Å². The van der Waals surface area contributed by atoms with Gasteiger partial charge in [0, 0.05) is 17.3 Å². The predicted molar refractivity (Wildman–Crippen MR) is 117 cm³/mol.